The average Bonchev–Trinajstić information content (AvgIpc) is 2.49. The van der Waals surface area contributed by atoms with Crippen LogP contribution in [0.4, 0.5) is 0 Å². The molecule has 3 nitrogen and oxygen atoms in total. The molecule has 0 fully saturated rings. The highest BCUT2D eigenvalue weighted by molar-refractivity contribution is 5.32. The van der Waals surface area contributed by atoms with Crippen LogP contribution in [0.3, 0.4) is 0 Å². The number of aliphatic hydroxyl groups excluding tert-OH is 1. The summed E-state index contributed by atoms with van der Waals surface area (Å²) in [4.78, 5) is 4.11. The number of hydrogen-bond acceptors (Lipinski definition) is 3. The summed E-state index contributed by atoms with van der Waals surface area (Å²) in [5.41, 5.74) is 8.95. The van der Waals surface area contributed by atoms with E-state index in [0.717, 1.165) is 23.1 Å². The van der Waals surface area contributed by atoms with Gasteiger partial charge in [0, 0.05) is 24.9 Å². The summed E-state index contributed by atoms with van der Waals surface area (Å²) in [6, 6.07) is 11.8. The summed E-state index contributed by atoms with van der Waals surface area (Å²) in [7, 11) is 0. The number of hydrogen-bond donors (Lipinski definition) is 2. The predicted octanol–water partition coefficient (Wildman–Crippen LogP) is 2.42. The Hall–Kier alpha value is -1.71. The number of nitrogens with two attached hydrogens (primary N) is 1. The molecule has 0 amide bonds. The first-order valence-electron chi connectivity index (χ1n) is 6.63. The molecule has 0 saturated heterocycles. The fourth-order valence-electron chi connectivity index (χ4n) is 2.40. The summed E-state index contributed by atoms with van der Waals surface area (Å²) < 4.78 is 0. The largest absolute Gasteiger partial charge is 0.388 e. The molecule has 1 aromatic carbocycles. The molecule has 2 rings (SSSR count). The quantitative estimate of drug-likeness (QED) is 0.863. The fraction of sp³-hybridized carbons (Fsp3) is 0.312. The van der Waals surface area contributed by atoms with Crippen LogP contribution < -0.4 is 5.73 Å². The lowest BCUT2D eigenvalue weighted by Gasteiger charge is -2.23. The van der Waals surface area contributed by atoms with Crippen LogP contribution in [-0.4, -0.2) is 16.6 Å². The fourth-order valence-corrected chi connectivity index (χ4v) is 2.40. The molecule has 0 aliphatic carbocycles. The number of rotatable bonds is 5. The van der Waals surface area contributed by atoms with Crippen LogP contribution in [0.1, 0.15) is 35.6 Å². The molecule has 19 heavy (non-hydrogen) atoms. The van der Waals surface area contributed by atoms with Crippen LogP contribution in [0.15, 0.2) is 48.8 Å². The average molecular weight is 256 g/mol. The van der Waals surface area contributed by atoms with Gasteiger partial charge < -0.3 is 10.8 Å². The van der Waals surface area contributed by atoms with E-state index in [1.807, 2.05) is 30.3 Å². The lowest BCUT2D eigenvalue weighted by atomic mass is 9.87. The Balaban J connectivity index is 2.33. The summed E-state index contributed by atoms with van der Waals surface area (Å²) in [6.07, 6.45) is 3.81. The first kappa shape index (κ1) is 13.7. The van der Waals surface area contributed by atoms with Crippen molar-refractivity contribution < 1.29 is 5.11 Å². The molecule has 0 bridgehead atoms. The highest BCUT2D eigenvalue weighted by atomic mass is 16.3. The predicted molar refractivity (Wildman–Crippen MR) is 76.8 cm³/mol. The van der Waals surface area contributed by atoms with E-state index in [1.165, 1.54) is 0 Å². The van der Waals surface area contributed by atoms with Gasteiger partial charge in [-0.15, -0.1) is 0 Å². The Morgan fingerprint density at radius 3 is 2.63 bits per heavy atom. The van der Waals surface area contributed by atoms with E-state index in [4.69, 9.17) is 5.73 Å². The molecule has 0 aliphatic heterocycles. The van der Waals surface area contributed by atoms with Gasteiger partial charge in [0.15, 0.2) is 0 Å². The van der Waals surface area contributed by atoms with E-state index in [-0.39, 0.29) is 5.92 Å². The third kappa shape index (κ3) is 3.00. The number of aromatic nitrogens is 1. The lowest BCUT2D eigenvalue weighted by molar-refractivity contribution is 0.146. The van der Waals surface area contributed by atoms with E-state index in [9.17, 15) is 5.11 Å². The Bertz CT molecular complexity index is 513. The summed E-state index contributed by atoms with van der Waals surface area (Å²) >= 11 is 0. The Kier molecular flexibility index (Phi) is 4.66. The van der Waals surface area contributed by atoms with Gasteiger partial charge in [-0.25, -0.2) is 0 Å². The van der Waals surface area contributed by atoms with Crippen LogP contribution in [0.5, 0.6) is 0 Å². The first-order chi connectivity index (χ1) is 9.27. The molecule has 100 valence electrons. The third-order valence-electron chi connectivity index (χ3n) is 3.50. The summed E-state index contributed by atoms with van der Waals surface area (Å²) in [5.74, 6) is -0.124. The molecule has 0 saturated carbocycles. The lowest BCUT2D eigenvalue weighted by Crippen LogP contribution is -2.21. The van der Waals surface area contributed by atoms with Crippen LogP contribution in [0, 0.1) is 0 Å². The van der Waals surface area contributed by atoms with Crippen molar-refractivity contribution in [3.8, 4) is 0 Å². The van der Waals surface area contributed by atoms with E-state index >= 15 is 0 Å². The molecule has 1 heterocycles. The molecule has 3 heteroatoms. The topological polar surface area (TPSA) is 59.1 Å². The summed E-state index contributed by atoms with van der Waals surface area (Å²) in [5, 5.41) is 10.6. The van der Waals surface area contributed by atoms with E-state index in [1.54, 1.807) is 12.4 Å². The minimum atomic E-state index is -0.592. The van der Waals surface area contributed by atoms with Gasteiger partial charge in [-0.2, -0.15) is 0 Å². The number of nitrogens with zero attached hydrogens (tertiary/aromatic N) is 1. The SMILES string of the molecule is CCc1ccccc1C(O)C(CN)c1cccnc1. The van der Waals surface area contributed by atoms with Crippen LogP contribution in [0.2, 0.25) is 0 Å². The number of aryl methyl sites for hydroxylation is 1. The minimum absolute atomic E-state index is 0.124. The highest BCUT2D eigenvalue weighted by Gasteiger charge is 2.23. The molecule has 2 aromatic rings. The maximum Gasteiger partial charge on any atom is 0.0873 e. The molecule has 1 aromatic heterocycles. The summed E-state index contributed by atoms with van der Waals surface area (Å²) in [6.45, 7) is 2.48. The number of aliphatic hydroxyl groups is 1. The van der Waals surface area contributed by atoms with Gasteiger partial charge in [0.2, 0.25) is 0 Å². The van der Waals surface area contributed by atoms with Crippen molar-refractivity contribution in [3.63, 3.8) is 0 Å². The van der Waals surface area contributed by atoms with Gasteiger partial charge in [0.05, 0.1) is 6.10 Å². The molecular formula is C16H20N2O. The molecule has 0 aliphatic rings. The number of pyridine rings is 1. The number of benzene rings is 1. The van der Waals surface area contributed by atoms with Crippen molar-refractivity contribution in [2.75, 3.05) is 6.54 Å². The smallest absolute Gasteiger partial charge is 0.0873 e. The van der Waals surface area contributed by atoms with Crippen molar-refractivity contribution in [2.45, 2.75) is 25.4 Å². The van der Waals surface area contributed by atoms with Crippen molar-refractivity contribution in [1.82, 2.24) is 4.98 Å². The monoisotopic (exact) mass is 256 g/mol. The zero-order chi connectivity index (χ0) is 13.7. The van der Waals surface area contributed by atoms with Gasteiger partial charge >= 0.3 is 0 Å². The molecule has 3 N–H and O–H groups in total. The van der Waals surface area contributed by atoms with Gasteiger partial charge in [0.25, 0.3) is 0 Å². The molecule has 2 unspecified atom stereocenters. The van der Waals surface area contributed by atoms with Gasteiger partial charge in [-0.3, -0.25) is 4.98 Å². The zero-order valence-electron chi connectivity index (χ0n) is 11.2. The van der Waals surface area contributed by atoms with Crippen molar-refractivity contribution in [3.05, 3.63) is 65.5 Å². The third-order valence-corrected chi connectivity index (χ3v) is 3.50. The molecule has 0 spiro atoms. The van der Waals surface area contributed by atoms with Crippen LogP contribution in [-0.2, 0) is 6.42 Å². The van der Waals surface area contributed by atoms with Gasteiger partial charge in [-0.1, -0.05) is 37.3 Å². The Morgan fingerprint density at radius 2 is 2.00 bits per heavy atom. The van der Waals surface area contributed by atoms with E-state index in [2.05, 4.69) is 18.0 Å². The van der Waals surface area contributed by atoms with E-state index in [0.29, 0.717) is 6.54 Å². The minimum Gasteiger partial charge on any atom is -0.388 e. The van der Waals surface area contributed by atoms with Gasteiger partial charge in [-0.05, 0) is 29.2 Å². The molecule has 2 atom stereocenters. The zero-order valence-corrected chi connectivity index (χ0v) is 11.2. The second kappa shape index (κ2) is 6.45. The van der Waals surface area contributed by atoms with E-state index < -0.39 is 6.10 Å². The van der Waals surface area contributed by atoms with Crippen LogP contribution >= 0.6 is 0 Å². The maximum atomic E-state index is 10.6. The van der Waals surface area contributed by atoms with Crippen LogP contribution in [0.25, 0.3) is 0 Å². The standard InChI is InChI=1S/C16H20N2O/c1-2-12-6-3-4-8-14(12)16(19)15(10-17)13-7-5-9-18-11-13/h3-9,11,15-16,19H,2,10,17H2,1H3. The maximum absolute atomic E-state index is 10.6. The Labute approximate surface area is 114 Å². The Morgan fingerprint density at radius 1 is 1.21 bits per heavy atom. The second-order valence-electron chi connectivity index (χ2n) is 4.63. The second-order valence-corrected chi connectivity index (χ2v) is 4.63. The van der Waals surface area contributed by atoms with Crippen molar-refractivity contribution in [1.29, 1.82) is 0 Å². The molecule has 0 radical (unpaired) electrons. The molecular weight excluding hydrogens is 236 g/mol. The van der Waals surface area contributed by atoms with Gasteiger partial charge in [0.1, 0.15) is 0 Å². The normalized spacial score (nSPS) is 14.1. The first-order valence-corrected chi connectivity index (χ1v) is 6.63. The highest BCUT2D eigenvalue weighted by Crippen LogP contribution is 2.31. The van der Waals surface area contributed by atoms with Crippen molar-refractivity contribution in [2.24, 2.45) is 5.73 Å². The van der Waals surface area contributed by atoms with Crippen molar-refractivity contribution >= 4 is 0 Å².